The van der Waals surface area contributed by atoms with E-state index in [0.29, 0.717) is 53.4 Å². The number of ether oxygens (including phenoxy) is 1. The monoisotopic (exact) mass is 694 g/mol. The van der Waals surface area contributed by atoms with E-state index in [9.17, 15) is 0 Å². The molecule has 12 atom stereocenters. The van der Waals surface area contributed by atoms with Crippen LogP contribution in [0, 0.1) is 35.0 Å². The molecule has 1 saturated heterocycles. The van der Waals surface area contributed by atoms with Gasteiger partial charge in [-0.3, -0.25) is 4.90 Å². The summed E-state index contributed by atoms with van der Waals surface area (Å²) in [5, 5.41) is 0. The first kappa shape index (κ1) is 32.8. The van der Waals surface area contributed by atoms with Crippen LogP contribution in [0.1, 0.15) is 128 Å². The highest BCUT2D eigenvalue weighted by atomic mass is 16.5. The van der Waals surface area contributed by atoms with Crippen LogP contribution in [-0.4, -0.2) is 41.3 Å². The molecule has 8 aliphatic carbocycles. The third-order valence-electron chi connectivity index (χ3n) is 16.9. The van der Waals surface area contributed by atoms with E-state index in [4.69, 9.17) is 4.74 Å². The first-order valence-corrected chi connectivity index (χ1v) is 22.0. The van der Waals surface area contributed by atoms with Gasteiger partial charge >= 0.3 is 0 Å². The summed E-state index contributed by atoms with van der Waals surface area (Å²) in [6.07, 6.45) is 41.8. The van der Waals surface area contributed by atoms with Crippen molar-refractivity contribution < 1.29 is 4.74 Å². The molecular weight excluding hydrogens is 633 g/mol. The quantitative estimate of drug-likeness (QED) is 0.292. The highest BCUT2D eigenvalue weighted by molar-refractivity contribution is 5.67. The predicted octanol–water partition coefficient (Wildman–Crippen LogP) is 11.4. The maximum Gasteiger partial charge on any atom is 0.0811 e. The Kier molecular flexibility index (Phi) is 8.02. The minimum atomic E-state index is 0.275. The summed E-state index contributed by atoms with van der Waals surface area (Å²) in [5.74, 6) is 4.21. The van der Waals surface area contributed by atoms with Crippen molar-refractivity contribution in [2.75, 3.05) is 4.90 Å². The first-order valence-electron chi connectivity index (χ1n) is 22.0. The van der Waals surface area contributed by atoms with Gasteiger partial charge in [0.1, 0.15) is 0 Å². The Labute approximate surface area is 314 Å². The smallest absolute Gasteiger partial charge is 0.0811 e. The zero-order valence-corrected chi connectivity index (χ0v) is 32.0. The van der Waals surface area contributed by atoms with Crippen molar-refractivity contribution in [3.63, 3.8) is 0 Å². The molecule has 0 aromatic heterocycles. The summed E-state index contributed by atoms with van der Waals surface area (Å²) in [4.78, 5) is 6.10. The number of allylic oxidation sites excluding steroid dienone is 8. The molecule has 0 N–H and O–H groups in total. The maximum absolute atomic E-state index is 6.89. The summed E-state index contributed by atoms with van der Waals surface area (Å²) in [5.41, 5.74) is 10.5. The second-order valence-corrected chi connectivity index (χ2v) is 19.4. The van der Waals surface area contributed by atoms with Crippen LogP contribution < -0.4 is 4.90 Å². The third kappa shape index (κ3) is 5.03. The molecule has 12 unspecified atom stereocenters. The zero-order chi connectivity index (χ0) is 34.6. The number of nitrogens with zero attached hydrogens (tertiary/aromatic N) is 2. The molecule has 2 saturated carbocycles. The topological polar surface area (TPSA) is 15.7 Å². The molecule has 2 heterocycles. The first-order chi connectivity index (χ1) is 25.5. The van der Waals surface area contributed by atoms with E-state index in [1.807, 2.05) is 5.57 Å². The Morgan fingerprint density at radius 3 is 2.65 bits per heavy atom. The van der Waals surface area contributed by atoms with Crippen molar-refractivity contribution in [3.05, 3.63) is 101 Å². The van der Waals surface area contributed by atoms with Crippen molar-refractivity contribution in [2.45, 2.75) is 159 Å². The Morgan fingerprint density at radius 2 is 1.69 bits per heavy atom. The Hall–Kier alpha value is -2.62. The molecular formula is C49H62N2O. The van der Waals surface area contributed by atoms with Crippen molar-refractivity contribution in [2.24, 2.45) is 35.0 Å². The maximum atomic E-state index is 6.89. The number of hydrogen-bond donors (Lipinski definition) is 0. The molecule has 3 nitrogen and oxygen atoms in total. The second-order valence-electron chi connectivity index (χ2n) is 19.4. The highest BCUT2D eigenvalue weighted by Crippen LogP contribution is 2.61. The van der Waals surface area contributed by atoms with E-state index in [2.05, 4.69) is 96.5 Å². The van der Waals surface area contributed by atoms with Gasteiger partial charge in [-0.1, -0.05) is 85.7 Å². The van der Waals surface area contributed by atoms with Gasteiger partial charge in [-0.05, 0) is 155 Å². The number of rotatable bonds is 4. The fourth-order valence-electron chi connectivity index (χ4n) is 14.6. The van der Waals surface area contributed by atoms with E-state index < -0.39 is 0 Å². The molecule has 0 amide bonds. The Morgan fingerprint density at radius 1 is 0.808 bits per heavy atom. The number of para-hydroxylation sites is 1. The van der Waals surface area contributed by atoms with E-state index in [1.165, 1.54) is 108 Å². The minimum absolute atomic E-state index is 0.275. The van der Waals surface area contributed by atoms with Gasteiger partial charge in [0.05, 0.1) is 12.2 Å². The van der Waals surface area contributed by atoms with Crippen LogP contribution in [-0.2, 0) is 4.74 Å². The largest absolute Gasteiger partial charge is 0.366 e. The van der Waals surface area contributed by atoms with Gasteiger partial charge in [0, 0.05) is 47.4 Å². The van der Waals surface area contributed by atoms with E-state index in [-0.39, 0.29) is 6.10 Å². The Balaban J connectivity index is 0.962. The Bertz CT molecular complexity index is 1770. The van der Waals surface area contributed by atoms with Crippen LogP contribution >= 0.6 is 0 Å². The number of benzene rings is 1. The molecule has 1 aromatic carbocycles. The average Bonchev–Trinajstić information content (AvgIpc) is 3.81. The van der Waals surface area contributed by atoms with Gasteiger partial charge in [0.25, 0.3) is 0 Å². The lowest BCUT2D eigenvalue weighted by atomic mass is 9.68. The molecule has 11 rings (SSSR count). The SMILES string of the molecule is CC1(C)C2CCC(N(C3CCC4C(C3)c3ccccc3N4C3=CC4=C(CCCC4)CC3)C3CC=CC4OC5C=CCCC5C43)C=C2C2CC=CCC21. The summed E-state index contributed by atoms with van der Waals surface area (Å²) in [6, 6.07) is 12.0. The molecule has 2 aliphatic heterocycles. The average molecular weight is 695 g/mol. The molecule has 10 aliphatic rings. The molecule has 52 heavy (non-hydrogen) atoms. The number of anilines is 1. The standard InChI is InChI=1S/C49H62N2O/c1-49(2)41-17-8-5-14-36(41)39-29-34(24-26-42(39)49)50(45-19-11-21-47-48(45)38-16-7-10-20-46(38)52-47)35-25-27-44-40(30-35)37-15-6-9-18-43(37)51(44)33-23-22-31-12-3-4-13-32(31)28-33/h5-6,8-11,15,18,20-21,28-29,34-36,38,40-42,44-48H,3-4,7,12-14,16-17,19,22-27,30H2,1-2H3. The molecule has 3 fully saturated rings. The molecule has 3 heteroatoms. The minimum Gasteiger partial charge on any atom is -0.366 e. The normalized spacial score (nSPS) is 42.5. The summed E-state index contributed by atoms with van der Waals surface area (Å²) in [7, 11) is 0. The summed E-state index contributed by atoms with van der Waals surface area (Å²) >= 11 is 0. The van der Waals surface area contributed by atoms with Crippen molar-refractivity contribution in [3.8, 4) is 0 Å². The van der Waals surface area contributed by atoms with Crippen molar-refractivity contribution in [1.29, 1.82) is 0 Å². The molecule has 274 valence electrons. The zero-order valence-electron chi connectivity index (χ0n) is 32.0. The van der Waals surface area contributed by atoms with E-state index >= 15 is 0 Å². The van der Waals surface area contributed by atoms with Crippen LogP contribution in [0.5, 0.6) is 0 Å². The summed E-state index contributed by atoms with van der Waals surface area (Å²) in [6.45, 7) is 5.24. The van der Waals surface area contributed by atoms with Gasteiger partial charge in [-0.15, -0.1) is 0 Å². The van der Waals surface area contributed by atoms with Gasteiger partial charge in [-0.25, -0.2) is 0 Å². The van der Waals surface area contributed by atoms with Gasteiger partial charge in [0.15, 0.2) is 0 Å². The van der Waals surface area contributed by atoms with Crippen LogP contribution in [0.25, 0.3) is 0 Å². The van der Waals surface area contributed by atoms with Gasteiger partial charge in [-0.2, -0.15) is 0 Å². The lowest BCUT2D eigenvalue weighted by Crippen LogP contribution is -2.57. The third-order valence-corrected chi connectivity index (χ3v) is 16.9. The van der Waals surface area contributed by atoms with Crippen LogP contribution in [0.3, 0.4) is 0 Å². The number of fused-ring (bicyclic) bond motifs is 9. The summed E-state index contributed by atoms with van der Waals surface area (Å²) < 4.78 is 6.89. The van der Waals surface area contributed by atoms with E-state index in [1.54, 1.807) is 22.4 Å². The predicted molar refractivity (Wildman–Crippen MR) is 213 cm³/mol. The van der Waals surface area contributed by atoms with Crippen molar-refractivity contribution >= 4 is 5.69 Å². The fraction of sp³-hybridized carbons (Fsp3) is 0.633. The molecule has 0 radical (unpaired) electrons. The lowest BCUT2D eigenvalue weighted by molar-refractivity contribution is 0.00210. The van der Waals surface area contributed by atoms with Crippen LogP contribution in [0.4, 0.5) is 5.69 Å². The molecule has 0 spiro atoms. The van der Waals surface area contributed by atoms with Crippen molar-refractivity contribution in [1.82, 2.24) is 4.90 Å². The van der Waals surface area contributed by atoms with E-state index in [0.717, 1.165) is 17.8 Å². The molecule has 0 bridgehead atoms. The highest BCUT2D eigenvalue weighted by Gasteiger charge is 2.56. The van der Waals surface area contributed by atoms with Crippen LogP contribution in [0.15, 0.2) is 95.3 Å². The van der Waals surface area contributed by atoms with Crippen LogP contribution in [0.2, 0.25) is 0 Å². The fourth-order valence-corrected chi connectivity index (χ4v) is 14.6. The molecule has 1 aromatic rings. The number of hydrogen-bond acceptors (Lipinski definition) is 3. The van der Waals surface area contributed by atoms with Gasteiger partial charge in [0.2, 0.25) is 0 Å². The van der Waals surface area contributed by atoms with Gasteiger partial charge < -0.3 is 9.64 Å². The second kappa shape index (κ2) is 12.7. The lowest BCUT2D eigenvalue weighted by Gasteiger charge is -2.52.